The monoisotopic (exact) mass is 228 g/mol. The SMILES string of the molecule is [Li+].[Na+].[O-][Cl+3]([O-])([O-])[O-].[O-][Cl+3]([O-])([O-])[O-]. The van der Waals surface area contributed by atoms with Crippen molar-refractivity contribution >= 4 is 0 Å². The van der Waals surface area contributed by atoms with Crippen molar-refractivity contribution in [1.82, 2.24) is 0 Å². The zero-order valence-corrected chi connectivity index (χ0v) is 9.53. The Morgan fingerprint density at radius 3 is 0.500 bits per heavy atom. The molecular formula is Cl2LiNaO8. The van der Waals surface area contributed by atoms with Gasteiger partial charge in [0.25, 0.3) is 0 Å². The molecule has 0 aliphatic rings. The standard InChI is InChI=1S/2ClHO4.Li.Na/c2*2-1(3,4)5;;/h2*(H,2,3,4,5);;/q;;2*+1/p-2. The zero-order chi connectivity index (χ0) is 9.00. The molecule has 0 aromatic heterocycles. The van der Waals surface area contributed by atoms with Gasteiger partial charge in [-0.1, -0.05) is 0 Å². The van der Waals surface area contributed by atoms with Crippen LogP contribution in [0.5, 0.6) is 0 Å². The van der Waals surface area contributed by atoms with Crippen LogP contribution in [0.25, 0.3) is 0 Å². The molecule has 0 aliphatic carbocycles. The molecule has 0 unspecified atom stereocenters. The predicted molar refractivity (Wildman–Crippen MR) is 0 cm³/mol. The molecule has 0 aromatic carbocycles. The predicted octanol–water partition coefficient (Wildman–Crippen LogP) is -15.5. The van der Waals surface area contributed by atoms with Gasteiger partial charge in [-0.05, 0) is 0 Å². The molecule has 0 fully saturated rings. The quantitative estimate of drug-likeness (QED) is 0.366. The molecule has 0 aromatic rings. The summed E-state index contributed by atoms with van der Waals surface area (Å²) in [4.78, 5) is 0. The number of hydrogen-bond donors (Lipinski definition) is 0. The van der Waals surface area contributed by atoms with Crippen molar-refractivity contribution in [3.63, 3.8) is 0 Å². The van der Waals surface area contributed by atoms with Crippen LogP contribution in [0, 0.1) is 20.5 Å². The summed E-state index contributed by atoms with van der Waals surface area (Å²) in [6.45, 7) is 0. The smallest absolute Gasteiger partial charge is 0.222 e. The molecule has 0 rings (SSSR count). The topological polar surface area (TPSA) is 184 Å². The molecule has 12 heavy (non-hydrogen) atoms. The second-order valence-corrected chi connectivity index (χ2v) is 2.27. The van der Waals surface area contributed by atoms with Gasteiger partial charge in [-0.2, -0.15) is 0 Å². The summed E-state index contributed by atoms with van der Waals surface area (Å²) >= 11 is 0. The molecule has 8 nitrogen and oxygen atoms in total. The van der Waals surface area contributed by atoms with Crippen LogP contribution in [0.1, 0.15) is 0 Å². The van der Waals surface area contributed by atoms with Crippen molar-refractivity contribution in [3.05, 3.63) is 0 Å². The Balaban J connectivity index is -0.0000000457. The van der Waals surface area contributed by atoms with Crippen molar-refractivity contribution in [3.8, 4) is 0 Å². The Labute approximate surface area is 105 Å². The maximum absolute atomic E-state index is 8.49. The van der Waals surface area contributed by atoms with Crippen LogP contribution in [0.4, 0.5) is 0 Å². The third kappa shape index (κ3) is 405. The number of hydrogen-bond acceptors (Lipinski definition) is 8. The minimum Gasteiger partial charge on any atom is -0.222 e. The summed E-state index contributed by atoms with van der Waals surface area (Å²) in [6, 6.07) is 0. The molecule has 0 amide bonds. The first-order valence-electron chi connectivity index (χ1n) is 1.23. The second-order valence-electron chi connectivity index (χ2n) is 0.756. The van der Waals surface area contributed by atoms with Gasteiger partial charge in [-0.15, -0.1) is 20.5 Å². The minimum atomic E-state index is -4.94. The maximum Gasteiger partial charge on any atom is 1.00 e. The Bertz CT molecular complexity index is 60.0. The summed E-state index contributed by atoms with van der Waals surface area (Å²) in [5.41, 5.74) is 0. The van der Waals surface area contributed by atoms with E-state index in [4.69, 9.17) is 37.3 Å². The van der Waals surface area contributed by atoms with Crippen molar-refractivity contribution in [2.45, 2.75) is 0 Å². The van der Waals surface area contributed by atoms with E-state index in [-0.39, 0.29) is 48.4 Å². The summed E-state index contributed by atoms with van der Waals surface area (Å²) in [6.07, 6.45) is 0. The van der Waals surface area contributed by atoms with Gasteiger partial charge >= 0.3 is 48.4 Å². The van der Waals surface area contributed by atoms with Crippen LogP contribution >= 0.6 is 0 Å². The van der Waals surface area contributed by atoms with Gasteiger partial charge in [0.15, 0.2) is 0 Å². The van der Waals surface area contributed by atoms with Crippen LogP contribution in [-0.4, -0.2) is 0 Å². The van der Waals surface area contributed by atoms with Gasteiger partial charge in [0.05, 0.1) is 0 Å². The Hall–Kier alpha value is 1.86. The van der Waals surface area contributed by atoms with Gasteiger partial charge in [-0.25, -0.2) is 37.3 Å². The van der Waals surface area contributed by atoms with E-state index in [9.17, 15) is 0 Å². The van der Waals surface area contributed by atoms with Crippen LogP contribution in [0.3, 0.4) is 0 Å². The number of rotatable bonds is 0. The fourth-order valence-electron chi connectivity index (χ4n) is 0. The first-order chi connectivity index (χ1) is 4.00. The molecule has 0 saturated heterocycles. The third-order valence-electron chi connectivity index (χ3n) is 0. The summed E-state index contributed by atoms with van der Waals surface area (Å²) in [5.74, 6) is 0. The fourth-order valence-corrected chi connectivity index (χ4v) is 0. The molecule has 0 N–H and O–H groups in total. The summed E-state index contributed by atoms with van der Waals surface area (Å²) < 4.78 is 67.9. The van der Waals surface area contributed by atoms with E-state index in [1.54, 1.807) is 0 Å². The largest absolute Gasteiger partial charge is 1.00 e. The molecule has 0 atom stereocenters. The van der Waals surface area contributed by atoms with E-state index < -0.39 is 20.5 Å². The molecule has 0 bridgehead atoms. The minimum absolute atomic E-state index is 0. The van der Waals surface area contributed by atoms with Crippen molar-refractivity contribution < 1.29 is 106 Å². The average molecular weight is 229 g/mol. The molecule has 0 radical (unpaired) electrons. The van der Waals surface area contributed by atoms with E-state index in [1.165, 1.54) is 0 Å². The van der Waals surface area contributed by atoms with Crippen LogP contribution in [-0.2, 0) is 0 Å². The molecular weight excluding hydrogens is 229 g/mol. The van der Waals surface area contributed by atoms with Gasteiger partial charge in [-0.3, -0.25) is 0 Å². The van der Waals surface area contributed by atoms with Crippen molar-refractivity contribution in [2.75, 3.05) is 0 Å². The van der Waals surface area contributed by atoms with E-state index >= 15 is 0 Å². The Morgan fingerprint density at radius 2 is 0.500 bits per heavy atom. The van der Waals surface area contributed by atoms with Gasteiger partial charge < -0.3 is 0 Å². The van der Waals surface area contributed by atoms with Gasteiger partial charge in [0.1, 0.15) is 0 Å². The molecule has 0 spiro atoms. The van der Waals surface area contributed by atoms with Crippen molar-refractivity contribution in [1.29, 1.82) is 0 Å². The van der Waals surface area contributed by atoms with E-state index in [0.717, 1.165) is 0 Å². The summed E-state index contributed by atoms with van der Waals surface area (Å²) in [5, 5.41) is 0. The molecule has 64 valence electrons. The first-order valence-corrected chi connectivity index (χ1v) is 3.70. The van der Waals surface area contributed by atoms with Crippen LogP contribution in [0.15, 0.2) is 0 Å². The number of halogens is 2. The van der Waals surface area contributed by atoms with E-state index in [0.29, 0.717) is 0 Å². The Kier molecular flexibility index (Phi) is 18.5. The summed E-state index contributed by atoms with van der Waals surface area (Å²) in [7, 11) is -9.89. The zero-order valence-electron chi connectivity index (χ0n) is 6.02. The molecule has 12 heteroatoms. The van der Waals surface area contributed by atoms with E-state index in [2.05, 4.69) is 0 Å². The normalized spacial score (nSPS) is 10.0. The molecule has 0 heterocycles. The van der Waals surface area contributed by atoms with E-state index in [1.807, 2.05) is 0 Å². The second kappa shape index (κ2) is 9.41. The van der Waals surface area contributed by atoms with Crippen LogP contribution in [0.2, 0.25) is 0 Å². The first kappa shape index (κ1) is 23.6. The third-order valence-corrected chi connectivity index (χ3v) is 0. The maximum atomic E-state index is 8.49. The fraction of sp³-hybridized carbons (Fsp3) is 0. The molecule has 0 saturated carbocycles. The van der Waals surface area contributed by atoms with Gasteiger partial charge in [0, 0.05) is 0 Å². The molecule has 0 aliphatic heterocycles. The van der Waals surface area contributed by atoms with Crippen molar-refractivity contribution in [2.24, 2.45) is 0 Å². The average Bonchev–Trinajstić information content (AvgIpc) is 1.12. The van der Waals surface area contributed by atoms with Crippen LogP contribution < -0.4 is 85.7 Å². The van der Waals surface area contributed by atoms with Gasteiger partial charge in [0.2, 0.25) is 0 Å². The Morgan fingerprint density at radius 1 is 0.500 bits per heavy atom.